The Morgan fingerprint density at radius 2 is 1.95 bits per heavy atom. The first-order valence-corrected chi connectivity index (χ1v) is 9.81. The molecule has 1 aromatic carbocycles. The molecule has 19 heavy (non-hydrogen) atoms. The van der Waals surface area contributed by atoms with Crippen LogP contribution in [0.4, 0.5) is 5.69 Å². The average Bonchev–Trinajstić information content (AvgIpc) is 2.26. The molecule has 0 aromatic heterocycles. The van der Waals surface area contributed by atoms with Gasteiger partial charge in [0.15, 0.2) is 8.32 Å². The lowest BCUT2D eigenvalue weighted by Gasteiger charge is -2.36. The van der Waals surface area contributed by atoms with Gasteiger partial charge in [0.1, 0.15) is 0 Å². The van der Waals surface area contributed by atoms with E-state index in [-0.39, 0.29) is 15.6 Å². The second-order valence-corrected chi connectivity index (χ2v) is 11.8. The van der Waals surface area contributed by atoms with Gasteiger partial charge in [0.2, 0.25) is 0 Å². The van der Waals surface area contributed by atoms with Gasteiger partial charge in [0.05, 0.1) is 16.0 Å². The first-order valence-electron chi connectivity index (χ1n) is 6.11. The van der Waals surface area contributed by atoms with Crippen molar-refractivity contribution in [3.05, 3.63) is 38.3 Å². The molecule has 0 fully saturated rings. The Morgan fingerprint density at radius 1 is 1.37 bits per heavy atom. The predicted octanol–water partition coefficient (Wildman–Crippen LogP) is 4.88. The number of nitro benzene ring substituents is 1. The van der Waals surface area contributed by atoms with Gasteiger partial charge in [-0.2, -0.15) is 0 Å². The van der Waals surface area contributed by atoms with Crippen LogP contribution in [0.2, 0.25) is 18.1 Å². The predicted molar refractivity (Wildman–Crippen MR) is 82.8 cm³/mol. The fourth-order valence-corrected chi connectivity index (χ4v) is 2.62. The van der Waals surface area contributed by atoms with Crippen LogP contribution < -0.4 is 0 Å². The normalized spacial score (nSPS) is 12.5. The molecule has 0 heterocycles. The molecule has 0 saturated heterocycles. The quantitative estimate of drug-likeness (QED) is 0.444. The van der Waals surface area contributed by atoms with Gasteiger partial charge < -0.3 is 4.43 Å². The van der Waals surface area contributed by atoms with Gasteiger partial charge in [0, 0.05) is 6.07 Å². The van der Waals surface area contributed by atoms with Crippen LogP contribution >= 0.6 is 15.9 Å². The number of benzene rings is 1. The lowest BCUT2D eigenvalue weighted by Crippen LogP contribution is -2.40. The van der Waals surface area contributed by atoms with Crippen LogP contribution in [0.1, 0.15) is 26.3 Å². The van der Waals surface area contributed by atoms with Gasteiger partial charge in [-0.25, -0.2) is 0 Å². The van der Waals surface area contributed by atoms with E-state index in [2.05, 4.69) is 49.8 Å². The fraction of sp³-hybridized carbons (Fsp3) is 0.538. The average molecular weight is 346 g/mol. The molecule has 0 aliphatic carbocycles. The SMILES string of the molecule is CC(C)(C)[Si](C)(C)OCc1ccc(Br)c([N+](=O)[O-])c1. The minimum Gasteiger partial charge on any atom is -0.413 e. The lowest BCUT2D eigenvalue weighted by molar-refractivity contribution is -0.385. The van der Waals surface area contributed by atoms with Crippen LogP contribution in [0.5, 0.6) is 0 Å². The van der Waals surface area contributed by atoms with Gasteiger partial charge in [-0.05, 0) is 45.7 Å². The molecule has 0 spiro atoms. The highest BCUT2D eigenvalue weighted by Gasteiger charge is 2.37. The second-order valence-electron chi connectivity index (χ2n) is 6.09. The van der Waals surface area contributed by atoms with Crippen molar-refractivity contribution < 1.29 is 9.35 Å². The van der Waals surface area contributed by atoms with Gasteiger partial charge in [-0.3, -0.25) is 10.1 Å². The van der Waals surface area contributed by atoms with Crippen LogP contribution in [0, 0.1) is 10.1 Å². The fourth-order valence-electron chi connectivity index (χ4n) is 1.27. The van der Waals surface area contributed by atoms with E-state index in [1.54, 1.807) is 12.1 Å². The highest BCUT2D eigenvalue weighted by atomic mass is 79.9. The summed E-state index contributed by atoms with van der Waals surface area (Å²) in [6.07, 6.45) is 0. The van der Waals surface area contributed by atoms with Crippen molar-refractivity contribution in [3.63, 3.8) is 0 Å². The highest BCUT2D eigenvalue weighted by molar-refractivity contribution is 9.10. The van der Waals surface area contributed by atoms with Crippen molar-refractivity contribution in [2.45, 2.75) is 45.5 Å². The number of nitrogens with zero attached hydrogens (tertiary/aromatic N) is 1. The Morgan fingerprint density at radius 3 is 2.42 bits per heavy atom. The number of rotatable bonds is 4. The minimum atomic E-state index is -1.83. The summed E-state index contributed by atoms with van der Waals surface area (Å²) in [5, 5.41) is 11.0. The second kappa shape index (κ2) is 5.72. The molecule has 1 aromatic rings. The molecular formula is C13H20BrNO3Si. The largest absolute Gasteiger partial charge is 0.413 e. The summed E-state index contributed by atoms with van der Waals surface area (Å²) in [6.45, 7) is 11.3. The molecule has 0 aliphatic heterocycles. The van der Waals surface area contributed by atoms with Crippen molar-refractivity contribution in [2.24, 2.45) is 0 Å². The van der Waals surface area contributed by atoms with Gasteiger partial charge >= 0.3 is 0 Å². The monoisotopic (exact) mass is 345 g/mol. The van der Waals surface area contributed by atoms with Crippen LogP contribution in [0.3, 0.4) is 0 Å². The Balaban J connectivity index is 2.85. The number of nitro groups is 1. The molecule has 0 atom stereocenters. The van der Waals surface area contributed by atoms with E-state index >= 15 is 0 Å². The van der Waals surface area contributed by atoms with Crippen molar-refractivity contribution >= 4 is 29.9 Å². The van der Waals surface area contributed by atoms with Crippen molar-refractivity contribution in [1.82, 2.24) is 0 Å². The molecule has 0 aliphatic rings. The maximum absolute atomic E-state index is 10.9. The molecule has 0 amide bonds. The molecule has 4 nitrogen and oxygen atoms in total. The number of hydrogen-bond acceptors (Lipinski definition) is 3. The number of halogens is 1. The summed E-state index contributed by atoms with van der Waals surface area (Å²) >= 11 is 3.18. The van der Waals surface area contributed by atoms with E-state index in [0.29, 0.717) is 11.1 Å². The topological polar surface area (TPSA) is 52.4 Å². The van der Waals surface area contributed by atoms with Gasteiger partial charge in [-0.1, -0.05) is 26.8 Å². The van der Waals surface area contributed by atoms with E-state index in [1.165, 1.54) is 0 Å². The molecule has 0 unspecified atom stereocenters. The van der Waals surface area contributed by atoms with E-state index in [4.69, 9.17) is 4.43 Å². The third kappa shape index (κ3) is 4.12. The summed E-state index contributed by atoms with van der Waals surface area (Å²) in [4.78, 5) is 10.5. The van der Waals surface area contributed by atoms with E-state index in [1.807, 2.05) is 6.07 Å². The standard InChI is InChI=1S/C13H20BrNO3Si/c1-13(2,3)19(4,5)18-9-10-6-7-11(14)12(8-10)15(16)17/h6-8H,9H2,1-5H3. The van der Waals surface area contributed by atoms with Crippen LogP contribution in [-0.2, 0) is 11.0 Å². The van der Waals surface area contributed by atoms with Gasteiger partial charge in [-0.15, -0.1) is 0 Å². The molecule has 0 bridgehead atoms. The molecule has 0 radical (unpaired) electrons. The van der Waals surface area contributed by atoms with E-state index in [0.717, 1.165) is 5.56 Å². The maximum atomic E-state index is 10.9. The molecule has 0 saturated carbocycles. The zero-order valence-electron chi connectivity index (χ0n) is 12.0. The van der Waals surface area contributed by atoms with Crippen molar-refractivity contribution in [3.8, 4) is 0 Å². The molecule has 6 heteroatoms. The molecular weight excluding hydrogens is 326 g/mol. The van der Waals surface area contributed by atoms with Crippen molar-refractivity contribution in [2.75, 3.05) is 0 Å². The van der Waals surface area contributed by atoms with Crippen LogP contribution in [0.15, 0.2) is 22.7 Å². The molecule has 106 valence electrons. The van der Waals surface area contributed by atoms with Crippen LogP contribution in [0.25, 0.3) is 0 Å². The maximum Gasteiger partial charge on any atom is 0.283 e. The Bertz CT molecular complexity index is 483. The first-order chi connectivity index (χ1) is 8.54. The summed E-state index contributed by atoms with van der Waals surface area (Å²) in [7, 11) is -1.83. The lowest BCUT2D eigenvalue weighted by atomic mass is 10.2. The Labute approximate surface area is 123 Å². The summed E-state index contributed by atoms with van der Waals surface area (Å²) in [5.74, 6) is 0. The summed E-state index contributed by atoms with van der Waals surface area (Å²) in [6, 6.07) is 5.11. The zero-order chi connectivity index (χ0) is 14.8. The summed E-state index contributed by atoms with van der Waals surface area (Å²) in [5.41, 5.74) is 0.913. The van der Waals surface area contributed by atoms with Crippen molar-refractivity contribution in [1.29, 1.82) is 0 Å². The first kappa shape index (κ1) is 16.3. The third-order valence-corrected chi connectivity index (χ3v) is 8.76. The number of hydrogen-bond donors (Lipinski definition) is 0. The molecule has 1 rings (SSSR count). The highest BCUT2D eigenvalue weighted by Crippen LogP contribution is 2.37. The smallest absolute Gasteiger partial charge is 0.283 e. The third-order valence-electron chi connectivity index (χ3n) is 3.61. The Kier molecular flexibility index (Phi) is 4.92. The van der Waals surface area contributed by atoms with Crippen LogP contribution in [-0.4, -0.2) is 13.2 Å². The Hall–Kier alpha value is -0.723. The summed E-state index contributed by atoms with van der Waals surface area (Å²) < 4.78 is 6.55. The minimum absolute atomic E-state index is 0.0799. The molecule has 0 N–H and O–H groups in total. The van der Waals surface area contributed by atoms with Gasteiger partial charge in [0.25, 0.3) is 5.69 Å². The van der Waals surface area contributed by atoms with E-state index < -0.39 is 8.32 Å². The zero-order valence-corrected chi connectivity index (χ0v) is 14.6. The van der Waals surface area contributed by atoms with E-state index in [9.17, 15) is 10.1 Å².